The predicted molar refractivity (Wildman–Crippen MR) is 82.6 cm³/mol. The van der Waals surface area contributed by atoms with Crippen molar-refractivity contribution in [3.63, 3.8) is 0 Å². The highest BCUT2D eigenvalue weighted by atomic mass is 32.1. The van der Waals surface area contributed by atoms with E-state index < -0.39 is 5.91 Å². The highest BCUT2D eigenvalue weighted by Gasteiger charge is 2.21. The molecule has 5 heteroatoms. The van der Waals surface area contributed by atoms with Crippen LogP contribution in [0, 0.1) is 6.92 Å². The van der Waals surface area contributed by atoms with Gasteiger partial charge in [0.2, 0.25) is 0 Å². The Hall–Kier alpha value is -1.69. The van der Waals surface area contributed by atoms with Crippen LogP contribution in [0.2, 0.25) is 0 Å². The minimum absolute atomic E-state index is 0.417. The summed E-state index contributed by atoms with van der Waals surface area (Å²) < 4.78 is 0. The second-order valence-electron chi connectivity index (χ2n) is 5.45. The molecule has 1 aliphatic heterocycles. The summed E-state index contributed by atoms with van der Waals surface area (Å²) in [5.74, 6) is -0.417. The van der Waals surface area contributed by atoms with Crippen molar-refractivity contribution in [3.8, 4) is 0 Å². The van der Waals surface area contributed by atoms with E-state index in [9.17, 15) is 4.79 Å². The second kappa shape index (κ2) is 5.97. The van der Waals surface area contributed by atoms with Crippen LogP contribution in [-0.4, -0.2) is 22.6 Å². The number of amides is 1. The number of benzene rings is 1. The van der Waals surface area contributed by atoms with E-state index >= 15 is 0 Å². The molecule has 2 aromatic rings. The number of carbonyl (C=O) groups is 1. The zero-order chi connectivity index (χ0) is 14.8. The first kappa shape index (κ1) is 14.3. The molecule has 1 amide bonds. The van der Waals surface area contributed by atoms with Gasteiger partial charge in [0.15, 0.2) is 0 Å². The van der Waals surface area contributed by atoms with E-state index in [2.05, 4.69) is 36.1 Å². The van der Waals surface area contributed by atoms with E-state index in [0.717, 1.165) is 26.1 Å². The average molecular weight is 302 g/mol. The standard InChI is InChI=1S/C16H18N2O2S/c1-11-2-4-12(5-3-11)9-18-7-6-14-13(10-18)8-15(21-14)16(19)17-20/h2-5,8,20H,6-7,9-10H2,1H3,(H,17,19). The fourth-order valence-electron chi connectivity index (χ4n) is 2.65. The number of hydroxylamine groups is 1. The molecule has 0 fully saturated rings. The molecule has 21 heavy (non-hydrogen) atoms. The van der Waals surface area contributed by atoms with E-state index in [1.165, 1.54) is 32.9 Å². The van der Waals surface area contributed by atoms with Gasteiger partial charge in [-0.05, 0) is 30.5 Å². The van der Waals surface area contributed by atoms with E-state index in [-0.39, 0.29) is 0 Å². The van der Waals surface area contributed by atoms with Crippen LogP contribution in [-0.2, 0) is 19.5 Å². The normalized spacial score (nSPS) is 14.8. The zero-order valence-electron chi connectivity index (χ0n) is 11.9. The molecule has 0 saturated heterocycles. The molecular weight excluding hydrogens is 284 g/mol. The maximum atomic E-state index is 11.5. The van der Waals surface area contributed by atoms with E-state index in [1.54, 1.807) is 5.48 Å². The molecule has 0 atom stereocenters. The van der Waals surface area contributed by atoms with Crippen molar-refractivity contribution in [2.24, 2.45) is 0 Å². The summed E-state index contributed by atoms with van der Waals surface area (Å²) in [5.41, 5.74) is 5.50. The van der Waals surface area contributed by atoms with Gasteiger partial charge in [-0.2, -0.15) is 0 Å². The van der Waals surface area contributed by atoms with Crippen molar-refractivity contribution >= 4 is 17.2 Å². The molecule has 0 bridgehead atoms. The fraction of sp³-hybridized carbons (Fsp3) is 0.312. The maximum absolute atomic E-state index is 11.5. The molecule has 1 aliphatic rings. The lowest BCUT2D eigenvalue weighted by molar-refractivity contribution is 0.0711. The number of thiophene rings is 1. The van der Waals surface area contributed by atoms with Gasteiger partial charge in [-0.1, -0.05) is 29.8 Å². The van der Waals surface area contributed by atoms with Crippen molar-refractivity contribution in [2.75, 3.05) is 6.54 Å². The van der Waals surface area contributed by atoms with Crippen LogP contribution in [0.3, 0.4) is 0 Å². The van der Waals surface area contributed by atoms with Gasteiger partial charge >= 0.3 is 0 Å². The third-order valence-corrected chi connectivity index (χ3v) is 5.03. The molecule has 110 valence electrons. The molecule has 0 unspecified atom stereocenters. The molecule has 1 aromatic heterocycles. The number of carbonyl (C=O) groups excluding carboxylic acids is 1. The quantitative estimate of drug-likeness (QED) is 0.677. The third kappa shape index (κ3) is 3.15. The predicted octanol–water partition coefficient (Wildman–Crippen LogP) is 2.73. The summed E-state index contributed by atoms with van der Waals surface area (Å²) in [6.45, 7) is 4.88. The highest BCUT2D eigenvalue weighted by Crippen LogP contribution is 2.28. The molecule has 2 heterocycles. The van der Waals surface area contributed by atoms with Gasteiger partial charge in [-0.3, -0.25) is 14.9 Å². The molecule has 4 nitrogen and oxygen atoms in total. The van der Waals surface area contributed by atoms with Crippen LogP contribution in [0.5, 0.6) is 0 Å². The van der Waals surface area contributed by atoms with Crippen molar-refractivity contribution in [1.29, 1.82) is 0 Å². The summed E-state index contributed by atoms with van der Waals surface area (Å²) >= 11 is 1.48. The Balaban J connectivity index is 1.70. The summed E-state index contributed by atoms with van der Waals surface area (Å²) in [7, 11) is 0. The SMILES string of the molecule is Cc1ccc(CN2CCc3sc(C(=O)NO)cc3C2)cc1. The molecule has 3 rings (SSSR count). The number of fused-ring (bicyclic) bond motifs is 1. The number of nitrogens with zero attached hydrogens (tertiary/aromatic N) is 1. The van der Waals surface area contributed by atoms with Crippen molar-refractivity contribution in [1.82, 2.24) is 10.4 Å². The van der Waals surface area contributed by atoms with E-state index in [0.29, 0.717) is 4.88 Å². The molecule has 0 radical (unpaired) electrons. The van der Waals surface area contributed by atoms with Crippen molar-refractivity contribution < 1.29 is 10.0 Å². The van der Waals surface area contributed by atoms with Crippen LogP contribution in [0.25, 0.3) is 0 Å². The Bertz CT molecular complexity index is 649. The molecule has 2 N–H and O–H groups in total. The number of rotatable bonds is 3. The highest BCUT2D eigenvalue weighted by molar-refractivity contribution is 7.14. The average Bonchev–Trinajstić information content (AvgIpc) is 2.92. The van der Waals surface area contributed by atoms with Gasteiger partial charge in [-0.15, -0.1) is 11.3 Å². The first-order chi connectivity index (χ1) is 10.2. The van der Waals surface area contributed by atoms with Gasteiger partial charge in [0.05, 0.1) is 4.88 Å². The summed E-state index contributed by atoms with van der Waals surface area (Å²) in [4.78, 5) is 15.7. The van der Waals surface area contributed by atoms with Gasteiger partial charge in [0.1, 0.15) is 0 Å². The van der Waals surface area contributed by atoms with E-state index in [4.69, 9.17) is 5.21 Å². The molecule has 0 aliphatic carbocycles. The lowest BCUT2D eigenvalue weighted by atomic mass is 10.1. The Morgan fingerprint density at radius 2 is 2.14 bits per heavy atom. The molecule has 0 spiro atoms. The van der Waals surface area contributed by atoms with Gasteiger partial charge in [-0.25, -0.2) is 5.48 Å². The van der Waals surface area contributed by atoms with Crippen molar-refractivity contribution in [3.05, 3.63) is 56.8 Å². The van der Waals surface area contributed by atoms with Crippen LogP contribution < -0.4 is 5.48 Å². The largest absolute Gasteiger partial charge is 0.294 e. The second-order valence-corrected chi connectivity index (χ2v) is 6.58. The monoisotopic (exact) mass is 302 g/mol. The minimum Gasteiger partial charge on any atom is -0.294 e. The number of nitrogens with one attached hydrogen (secondary N) is 1. The van der Waals surface area contributed by atoms with Crippen LogP contribution in [0.1, 0.15) is 31.2 Å². The Kier molecular flexibility index (Phi) is 4.05. The third-order valence-electron chi connectivity index (χ3n) is 3.80. The number of hydrogen-bond acceptors (Lipinski definition) is 4. The Morgan fingerprint density at radius 3 is 2.86 bits per heavy atom. The van der Waals surface area contributed by atoms with Crippen LogP contribution in [0.15, 0.2) is 30.3 Å². The maximum Gasteiger partial charge on any atom is 0.284 e. The molecular formula is C16H18N2O2S. The Morgan fingerprint density at radius 1 is 1.38 bits per heavy atom. The molecule has 1 aromatic carbocycles. The topological polar surface area (TPSA) is 52.6 Å². The first-order valence-corrected chi connectivity index (χ1v) is 7.81. The lowest BCUT2D eigenvalue weighted by Gasteiger charge is -2.26. The lowest BCUT2D eigenvalue weighted by Crippen LogP contribution is -2.29. The minimum atomic E-state index is -0.417. The number of aryl methyl sites for hydroxylation is 1. The van der Waals surface area contributed by atoms with Crippen LogP contribution in [0.4, 0.5) is 0 Å². The zero-order valence-corrected chi connectivity index (χ0v) is 12.7. The Labute approximate surface area is 128 Å². The summed E-state index contributed by atoms with van der Waals surface area (Å²) in [6, 6.07) is 10.5. The first-order valence-electron chi connectivity index (χ1n) is 6.99. The number of hydrogen-bond donors (Lipinski definition) is 2. The molecule has 0 saturated carbocycles. The summed E-state index contributed by atoms with van der Waals surface area (Å²) in [6.07, 6.45) is 0.963. The van der Waals surface area contributed by atoms with Gasteiger partial charge in [0, 0.05) is 24.5 Å². The fourth-order valence-corrected chi connectivity index (χ4v) is 3.70. The van der Waals surface area contributed by atoms with E-state index in [1.807, 2.05) is 6.07 Å². The summed E-state index contributed by atoms with van der Waals surface area (Å²) in [5, 5.41) is 8.72. The van der Waals surface area contributed by atoms with Crippen LogP contribution >= 0.6 is 11.3 Å². The van der Waals surface area contributed by atoms with Gasteiger partial charge in [0.25, 0.3) is 5.91 Å². The smallest absolute Gasteiger partial charge is 0.284 e. The van der Waals surface area contributed by atoms with Crippen molar-refractivity contribution in [2.45, 2.75) is 26.4 Å². The van der Waals surface area contributed by atoms with Gasteiger partial charge < -0.3 is 0 Å².